The van der Waals surface area contributed by atoms with Crippen LogP contribution < -0.4 is 5.32 Å². The standard InChI is InChI=1S/C18H23NO3S/c1-13-10-16(14(2)22-13)17(20)8-9-19-18(21)12-23-11-15-6-4-3-5-7-15/h3-7,10,17,20H,8-9,11-12H2,1-2H3,(H,19,21). The van der Waals surface area contributed by atoms with Crippen LogP contribution in [-0.2, 0) is 10.5 Å². The second-order valence-electron chi connectivity index (χ2n) is 5.50. The van der Waals surface area contributed by atoms with E-state index in [2.05, 4.69) is 17.4 Å². The van der Waals surface area contributed by atoms with Gasteiger partial charge in [-0.1, -0.05) is 30.3 Å². The molecule has 0 aliphatic rings. The quantitative estimate of drug-likeness (QED) is 0.777. The fourth-order valence-electron chi connectivity index (χ4n) is 2.37. The van der Waals surface area contributed by atoms with Crippen LogP contribution in [0.15, 0.2) is 40.8 Å². The Kier molecular flexibility index (Phi) is 6.74. The fraction of sp³-hybridized carbons (Fsp3) is 0.389. The summed E-state index contributed by atoms with van der Waals surface area (Å²) in [5, 5.41) is 13.0. The minimum Gasteiger partial charge on any atom is -0.466 e. The Morgan fingerprint density at radius 2 is 2.04 bits per heavy atom. The minimum absolute atomic E-state index is 0.00164. The number of aliphatic hydroxyl groups excluding tert-OH is 1. The Hall–Kier alpha value is -1.72. The van der Waals surface area contributed by atoms with Crippen molar-refractivity contribution in [2.45, 2.75) is 32.1 Å². The van der Waals surface area contributed by atoms with Gasteiger partial charge in [0.25, 0.3) is 0 Å². The van der Waals surface area contributed by atoms with Gasteiger partial charge in [0, 0.05) is 17.9 Å². The Morgan fingerprint density at radius 1 is 1.30 bits per heavy atom. The summed E-state index contributed by atoms with van der Waals surface area (Å²) in [5.74, 6) is 2.77. The van der Waals surface area contributed by atoms with Crippen molar-refractivity contribution < 1.29 is 14.3 Å². The van der Waals surface area contributed by atoms with E-state index in [1.165, 1.54) is 5.56 Å². The number of hydrogen-bond acceptors (Lipinski definition) is 4. The lowest BCUT2D eigenvalue weighted by atomic mass is 10.1. The van der Waals surface area contributed by atoms with Gasteiger partial charge in [-0.05, 0) is 31.9 Å². The second-order valence-corrected chi connectivity index (χ2v) is 6.49. The maximum atomic E-state index is 11.8. The summed E-state index contributed by atoms with van der Waals surface area (Å²) in [6, 6.07) is 11.9. The number of hydrogen-bond donors (Lipinski definition) is 2. The number of rotatable bonds is 8. The molecule has 0 aliphatic carbocycles. The van der Waals surface area contributed by atoms with Gasteiger partial charge in [0.05, 0.1) is 11.9 Å². The number of aryl methyl sites for hydroxylation is 2. The number of benzene rings is 1. The van der Waals surface area contributed by atoms with E-state index in [0.717, 1.165) is 22.8 Å². The van der Waals surface area contributed by atoms with Gasteiger partial charge in [-0.15, -0.1) is 11.8 Å². The third kappa shape index (κ3) is 5.77. The summed E-state index contributed by atoms with van der Waals surface area (Å²) >= 11 is 1.59. The molecule has 2 N–H and O–H groups in total. The van der Waals surface area contributed by atoms with Gasteiger partial charge >= 0.3 is 0 Å². The summed E-state index contributed by atoms with van der Waals surface area (Å²) in [6.07, 6.45) is -0.126. The van der Waals surface area contributed by atoms with Crippen LogP contribution in [0.1, 0.15) is 35.2 Å². The highest BCUT2D eigenvalue weighted by Gasteiger charge is 2.14. The maximum Gasteiger partial charge on any atom is 0.230 e. The third-order valence-electron chi connectivity index (χ3n) is 3.52. The number of carbonyl (C=O) groups excluding carboxylic acids is 1. The van der Waals surface area contributed by atoms with E-state index < -0.39 is 6.10 Å². The summed E-state index contributed by atoms with van der Waals surface area (Å²) < 4.78 is 5.41. The van der Waals surface area contributed by atoms with Crippen LogP contribution in [0.25, 0.3) is 0 Å². The lowest BCUT2D eigenvalue weighted by molar-refractivity contribution is -0.118. The molecular weight excluding hydrogens is 310 g/mol. The lowest BCUT2D eigenvalue weighted by Gasteiger charge is -2.10. The number of nitrogens with one attached hydrogen (secondary N) is 1. The summed E-state index contributed by atoms with van der Waals surface area (Å²) in [5.41, 5.74) is 2.02. The fourth-order valence-corrected chi connectivity index (χ4v) is 3.19. The molecule has 1 heterocycles. The first-order chi connectivity index (χ1) is 11.1. The average molecular weight is 333 g/mol. The normalized spacial score (nSPS) is 12.1. The number of carbonyl (C=O) groups is 1. The van der Waals surface area contributed by atoms with E-state index in [9.17, 15) is 9.90 Å². The average Bonchev–Trinajstić information content (AvgIpc) is 2.87. The van der Waals surface area contributed by atoms with Crippen LogP contribution in [-0.4, -0.2) is 23.3 Å². The van der Waals surface area contributed by atoms with E-state index in [0.29, 0.717) is 18.7 Å². The molecule has 0 spiro atoms. The van der Waals surface area contributed by atoms with Crippen molar-refractivity contribution in [2.24, 2.45) is 0 Å². The second kappa shape index (κ2) is 8.79. The smallest absolute Gasteiger partial charge is 0.230 e. The molecule has 0 bridgehead atoms. The van der Waals surface area contributed by atoms with E-state index in [4.69, 9.17) is 4.42 Å². The summed E-state index contributed by atoms with van der Waals surface area (Å²) in [4.78, 5) is 11.8. The zero-order valence-corrected chi connectivity index (χ0v) is 14.4. The number of aliphatic hydroxyl groups is 1. The van der Waals surface area contributed by atoms with Gasteiger partial charge in [-0.2, -0.15) is 0 Å². The lowest BCUT2D eigenvalue weighted by Crippen LogP contribution is -2.27. The third-order valence-corrected chi connectivity index (χ3v) is 4.53. The molecule has 5 heteroatoms. The molecule has 0 saturated carbocycles. The minimum atomic E-state index is -0.607. The Bertz CT molecular complexity index is 624. The molecule has 2 rings (SSSR count). The van der Waals surface area contributed by atoms with E-state index >= 15 is 0 Å². The number of furan rings is 1. The summed E-state index contributed by atoms with van der Waals surface area (Å²) in [6.45, 7) is 4.15. The molecule has 0 fully saturated rings. The highest BCUT2D eigenvalue weighted by molar-refractivity contribution is 7.99. The van der Waals surface area contributed by atoms with Gasteiger partial charge in [0.15, 0.2) is 0 Å². The predicted molar refractivity (Wildman–Crippen MR) is 93.4 cm³/mol. The molecule has 2 aromatic rings. The summed E-state index contributed by atoms with van der Waals surface area (Å²) in [7, 11) is 0. The van der Waals surface area contributed by atoms with Crippen molar-refractivity contribution in [1.29, 1.82) is 0 Å². The predicted octanol–water partition coefficient (Wildman–Crippen LogP) is 3.37. The van der Waals surface area contributed by atoms with E-state index in [-0.39, 0.29) is 5.91 Å². The van der Waals surface area contributed by atoms with Gasteiger partial charge in [0.1, 0.15) is 11.5 Å². The largest absolute Gasteiger partial charge is 0.466 e. The Balaban J connectivity index is 1.64. The van der Waals surface area contributed by atoms with Crippen molar-refractivity contribution in [2.75, 3.05) is 12.3 Å². The monoisotopic (exact) mass is 333 g/mol. The van der Waals surface area contributed by atoms with Crippen LogP contribution in [0.4, 0.5) is 0 Å². The van der Waals surface area contributed by atoms with Crippen LogP contribution in [0.5, 0.6) is 0 Å². The number of thioether (sulfide) groups is 1. The molecule has 1 amide bonds. The molecule has 1 aromatic heterocycles. The van der Waals surface area contributed by atoms with Crippen LogP contribution in [0, 0.1) is 13.8 Å². The van der Waals surface area contributed by atoms with Crippen molar-refractivity contribution in [3.63, 3.8) is 0 Å². The number of amides is 1. The topological polar surface area (TPSA) is 62.5 Å². The Morgan fingerprint density at radius 3 is 2.70 bits per heavy atom. The molecular formula is C18H23NO3S. The molecule has 0 aliphatic heterocycles. The molecule has 1 atom stereocenters. The first-order valence-corrected chi connectivity index (χ1v) is 8.85. The first-order valence-electron chi connectivity index (χ1n) is 7.69. The molecule has 124 valence electrons. The molecule has 0 radical (unpaired) electrons. The van der Waals surface area contributed by atoms with Crippen LogP contribution in [0.2, 0.25) is 0 Å². The Labute approximate surface area is 141 Å². The zero-order valence-electron chi connectivity index (χ0n) is 13.5. The van der Waals surface area contributed by atoms with Gasteiger partial charge < -0.3 is 14.8 Å². The first kappa shape index (κ1) is 17.6. The van der Waals surface area contributed by atoms with Crippen molar-refractivity contribution in [3.8, 4) is 0 Å². The van der Waals surface area contributed by atoms with Gasteiger partial charge in [-0.3, -0.25) is 4.79 Å². The van der Waals surface area contributed by atoms with Crippen LogP contribution in [0.3, 0.4) is 0 Å². The molecule has 23 heavy (non-hydrogen) atoms. The van der Waals surface area contributed by atoms with Gasteiger partial charge in [0.2, 0.25) is 5.91 Å². The van der Waals surface area contributed by atoms with E-state index in [1.54, 1.807) is 11.8 Å². The highest BCUT2D eigenvalue weighted by atomic mass is 32.2. The van der Waals surface area contributed by atoms with Crippen molar-refractivity contribution in [1.82, 2.24) is 5.32 Å². The molecule has 1 unspecified atom stereocenters. The SMILES string of the molecule is Cc1cc(C(O)CCNC(=O)CSCc2ccccc2)c(C)o1. The van der Waals surface area contributed by atoms with Crippen LogP contribution >= 0.6 is 11.8 Å². The van der Waals surface area contributed by atoms with E-state index in [1.807, 2.05) is 38.1 Å². The molecule has 1 aromatic carbocycles. The molecule has 4 nitrogen and oxygen atoms in total. The van der Waals surface area contributed by atoms with Gasteiger partial charge in [-0.25, -0.2) is 0 Å². The highest BCUT2D eigenvalue weighted by Crippen LogP contribution is 2.23. The van der Waals surface area contributed by atoms with Crippen molar-refractivity contribution >= 4 is 17.7 Å². The molecule has 0 saturated heterocycles. The zero-order chi connectivity index (χ0) is 16.7. The van der Waals surface area contributed by atoms with Crippen molar-refractivity contribution in [3.05, 3.63) is 59.0 Å². The maximum absolute atomic E-state index is 11.8.